The van der Waals surface area contributed by atoms with Crippen molar-refractivity contribution in [2.24, 2.45) is 5.73 Å². The topological polar surface area (TPSA) is 124 Å². The Bertz CT molecular complexity index is 1690. The zero-order valence-electron chi connectivity index (χ0n) is 22.1. The maximum Gasteiger partial charge on any atom is 0.416 e. The number of fused-ring (bicyclic) bond motifs is 1. The number of rotatable bonds is 8. The van der Waals surface area contributed by atoms with Crippen LogP contribution >= 0.6 is 11.3 Å². The van der Waals surface area contributed by atoms with Crippen molar-refractivity contribution in [3.63, 3.8) is 0 Å². The number of amides is 1. The van der Waals surface area contributed by atoms with Gasteiger partial charge >= 0.3 is 6.18 Å². The lowest BCUT2D eigenvalue weighted by Gasteiger charge is -2.32. The van der Waals surface area contributed by atoms with Crippen LogP contribution in [0.1, 0.15) is 39.5 Å². The maximum atomic E-state index is 13.6. The minimum Gasteiger partial charge on any atom is -0.484 e. The van der Waals surface area contributed by atoms with Crippen LogP contribution in [0.4, 0.5) is 13.2 Å². The molecule has 4 aromatic rings. The van der Waals surface area contributed by atoms with Crippen molar-refractivity contribution in [3.05, 3.63) is 70.6 Å². The number of sulfonamides is 1. The number of halogens is 3. The highest BCUT2D eigenvalue weighted by Gasteiger charge is 2.35. The van der Waals surface area contributed by atoms with Crippen LogP contribution in [0.3, 0.4) is 0 Å². The van der Waals surface area contributed by atoms with E-state index in [9.17, 15) is 26.4 Å². The number of imidazole rings is 1. The summed E-state index contributed by atoms with van der Waals surface area (Å²) < 4.78 is 73.4. The van der Waals surface area contributed by atoms with Crippen molar-refractivity contribution in [2.45, 2.75) is 25.7 Å². The van der Waals surface area contributed by atoms with E-state index in [4.69, 9.17) is 10.5 Å². The van der Waals surface area contributed by atoms with E-state index in [-0.39, 0.29) is 16.2 Å². The van der Waals surface area contributed by atoms with Crippen molar-refractivity contribution in [2.75, 3.05) is 32.4 Å². The first-order valence-corrected chi connectivity index (χ1v) is 15.2. The summed E-state index contributed by atoms with van der Waals surface area (Å²) in [7, 11) is -3.23. The van der Waals surface area contributed by atoms with Gasteiger partial charge in [0, 0.05) is 44.4 Å². The number of carbonyl (C=O) groups is 1. The molecule has 1 fully saturated rings. The van der Waals surface area contributed by atoms with Gasteiger partial charge in [-0.25, -0.2) is 13.4 Å². The molecule has 1 aliphatic heterocycles. The Morgan fingerprint density at radius 2 is 1.85 bits per heavy atom. The Morgan fingerprint density at radius 1 is 1.15 bits per heavy atom. The molecule has 1 saturated heterocycles. The minimum atomic E-state index is -4.57. The highest BCUT2D eigenvalue weighted by atomic mass is 32.2. The SMILES string of the molecule is C[C@@H](Oc1cc(-n2cnc3cnc(CN4CCN(S(C)(=O)=O)CC4)cc32)sc1C(N)=O)c1ccccc1C(F)(F)F. The normalized spacial score (nSPS) is 16.2. The second kappa shape index (κ2) is 11.0. The van der Waals surface area contributed by atoms with E-state index in [1.54, 1.807) is 23.2 Å². The molecule has 1 atom stereocenters. The predicted molar refractivity (Wildman–Crippen MR) is 147 cm³/mol. The Labute approximate surface area is 238 Å². The molecule has 218 valence electrons. The van der Waals surface area contributed by atoms with Gasteiger partial charge in [0.2, 0.25) is 10.0 Å². The smallest absolute Gasteiger partial charge is 0.416 e. The van der Waals surface area contributed by atoms with Gasteiger partial charge in [0.25, 0.3) is 5.91 Å². The number of primary amides is 1. The average molecular weight is 609 g/mol. The highest BCUT2D eigenvalue weighted by Crippen LogP contribution is 2.39. The van der Waals surface area contributed by atoms with Crippen molar-refractivity contribution in [1.29, 1.82) is 0 Å². The fourth-order valence-corrected chi connectivity index (χ4v) is 6.52. The molecular weight excluding hydrogens is 581 g/mol. The van der Waals surface area contributed by atoms with Crippen LogP contribution in [0.5, 0.6) is 5.75 Å². The van der Waals surface area contributed by atoms with Crippen LogP contribution in [0, 0.1) is 0 Å². The summed E-state index contributed by atoms with van der Waals surface area (Å²) in [6, 6.07) is 8.54. The van der Waals surface area contributed by atoms with Gasteiger partial charge in [-0.2, -0.15) is 17.5 Å². The quantitative estimate of drug-likeness (QED) is 0.323. The van der Waals surface area contributed by atoms with Gasteiger partial charge in [-0.05, 0) is 19.1 Å². The molecular formula is C26H27F3N6O4S2. The number of aromatic nitrogens is 3. The molecule has 0 radical (unpaired) electrons. The van der Waals surface area contributed by atoms with Crippen LogP contribution in [-0.2, 0) is 22.7 Å². The number of ether oxygens (including phenoxy) is 1. The van der Waals surface area contributed by atoms with Crippen LogP contribution in [0.25, 0.3) is 16.0 Å². The van der Waals surface area contributed by atoms with E-state index >= 15 is 0 Å². The molecule has 15 heteroatoms. The van der Waals surface area contributed by atoms with Crippen LogP contribution < -0.4 is 10.5 Å². The number of nitrogens with two attached hydrogens (primary N) is 1. The maximum absolute atomic E-state index is 13.6. The number of alkyl halides is 3. The average Bonchev–Trinajstić information content (AvgIpc) is 3.52. The van der Waals surface area contributed by atoms with Gasteiger partial charge in [-0.3, -0.25) is 19.2 Å². The van der Waals surface area contributed by atoms with Crippen molar-refractivity contribution in [3.8, 4) is 10.8 Å². The summed E-state index contributed by atoms with van der Waals surface area (Å²) in [5.41, 5.74) is 6.76. The number of pyridine rings is 1. The van der Waals surface area contributed by atoms with Crippen LogP contribution in [-0.4, -0.2) is 70.5 Å². The molecule has 0 bridgehead atoms. The van der Waals surface area contributed by atoms with Gasteiger partial charge in [-0.1, -0.05) is 18.2 Å². The molecule has 1 amide bonds. The lowest BCUT2D eigenvalue weighted by Crippen LogP contribution is -2.47. The van der Waals surface area contributed by atoms with E-state index in [2.05, 4.69) is 14.9 Å². The third kappa shape index (κ3) is 6.22. The predicted octanol–water partition coefficient (Wildman–Crippen LogP) is 3.82. The van der Waals surface area contributed by atoms with Crippen molar-refractivity contribution in [1.82, 2.24) is 23.7 Å². The van der Waals surface area contributed by atoms with Gasteiger partial charge in [0.05, 0.1) is 29.2 Å². The van der Waals surface area contributed by atoms with E-state index in [0.29, 0.717) is 48.8 Å². The molecule has 5 rings (SSSR count). The van der Waals surface area contributed by atoms with Crippen molar-refractivity contribution < 1.29 is 31.1 Å². The second-order valence-corrected chi connectivity index (χ2v) is 12.7. The lowest BCUT2D eigenvalue weighted by atomic mass is 10.0. The van der Waals surface area contributed by atoms with E-state index in [1.807, 2.05) is 6.07 Å². The van der Waals surface area contributed by atoms with Gasteiger partial charge < -0.3 is 10.5 Å². The second-order valence-electron chi connectivity index (χ2n) is 9.70. The van der Waals surface area contributed by atoms with Crippen molar-refractivity contribution >= 4 is 38.3 Å². The lowest BCUT2D eigenvalue weighted by molar-refractivity contribution is -0.139. The Kier molecular flexibility index (Phi) is 7.80. The monoisotopic (exact) mass is 608 g/mol. The summed E-state index contributed by atoms with van der Waals surface area (Å²) in [5.74, 6) is -0.700. The zero-order chi connectivity index (χ0) is 29.5. The van der Waals surface area contributed by atoms with E-state index in [1.165, 1.54) is 35.7 Å². The number of hydrogen-bond donors (Lipinski definition) is 1. The Morgan fingerprint density at radius 3 is 2.51 bits per heavy atom. The minimum absolute atomic E-state index is 0.0654. The number of benzene rings is 1. The van der Waals surface area contributed by atoms with Gasteiger partial charge in [0.15, 0.2) is 0 Å². The molecule has 1 aromatic carbocycles. The third-order valence-corrected chi connectivity index (χ3v) is 9.26. The third-order valence-electron chi connectivity index (χ3n) is 6.83. The molecule has 0 spiro atoms. The number of nitrogens with zero attached hydrogens (tertiary/aromatic N) is 5. The first kappa shape index (κ1) is 29.0. The molecule has 4 heterocycles. The molecule has 10 nitrogen and oxygen atoms in total. The van der Waals surface area contributed by atoms with E-state index < -0.39 is 33.8 Å². The zero-order valence-corrected chi connectivity index (χ0v) is 23.8. The fraction of sp³-hybridized carbons (Fsp3) is 0.346. The number of hydrogen-bond acceptors (Lipinski definition) is 8. The molecule has 0 unspecified atom stereocenters. The molecule has 41 heavy (non-hydrogen) atoms. The summed E-state index contributed by atoms with van der Waals surface area (Å²) in [6.07, 6.45) is -1.20. The molecule has 3 aromatic heterocycles. The molecule has 1 aliphatic rings. The number of thiophene rings is 1. The summed E-state index contributed by atoms with van der Waals surface area (Å²) in [6.45, 7) is 3.91. The fourth-order valence-electron chi connectivity index (χ4n) is 4.77. The van der Waals surface area contributed by atoms with Gasteiger partial charge in [-0.15, -0.1) is 11.3 Å². The Balaban J connectivity index is 1.40. The highest BCUT2D eigenvalue weighted by molar-refractivity contribution is 7.88. The summed E-state index contributed by atoms with van der Waals surface area (Å²) >= 11 is 1.04. The largest absolute Gasteiger partial charge is 0.484 e. The summed E-state index contributed by atoms with van der Waals surface area (Å²) in [4.78, 5) is 23.3. The standard InChI is InChI=1S/C26H27F3N6O4S2/c1-16(18-5-3-4-6-19(18)26(27,28)29)39-22-12-23(40-24(22)25(30)36)35-15-32-20-13-31-17(11-21(20)35)14-33-7-9-34(10-8-33)41(2,37)38/h3-6,11-13,15-16H,7-10,14H2,1-2H3,(H2,30,36)/t16-/m1/s1. The van der Waals surface area contributed by atoms with Crippen LogP contribution in [0.2, 0.25) is 0 Å². The van der Waals surface area contributed by atoms with Gasteiger partial charge in [0.1, 0.15) is 33.6 Å². The molecule has 0 aliphatic carbocycles. The molecule has 2 N–H and O–H groups in total. The first-order valence-electron chi connectivity index (χ1n) is 12.6. The number of piperazine rings is 1. The Hall–Kier alpha value is -3.53. The van der Waals surface area contributed by atoms with E-state index in [0.717, 1.165) is 23.1 Å². The first-order chi connectivity index (χ1) is 19.3. The summed E-state index contributed by atoms with van der Waals surface area (Å²) in [5, 5.41) is 0.534. The number of carbonyl (C=O) groups excluding carboxylic acids is 1. The van der Waals surface area contributed by atoms with Crippen LogP contribution in [0.15, 0.2) is 48.9 Å². The molecule has 0 saturated carbocycles.